The summed E-state index contributed by atoms with van der Waals surface area (Å²) in [6.45, 7) is 4.39. The van der Waals surface area contributed by atoms with Crippen molar-refractivity contribution in [1.29, 1.82) is 0 Å². The highest BCUT2D eigenvalue weighted by Gasteiger charge is 2.32. The maximum absolute atomic E-state index is 12.8. The Bertz CT molecular complexity index is 1630. The van der Waals surface area contributed by atoms with Gasteiger partial charge in [-0.1, -0.05) is 43.3 Å². The summed E-state index contributed by atoms with van der Waals surface area (Å²) < 4.78 is 42.4. The Kier molecular flexibility index (Phi) is 9.35. The van der Waals surface area contributed by atoms with Crippen LogP contribution >= 0.6 is 11.8 Å². The molecule has 1 fully saturated rings. The van der Waals surface area contributed by atoms with Gasteiger partial charge >= 0.3 is 6.36 Å². The molecule has 1 amide bonds. The fraction of sp³-hybridized carbons (Fsp3) is 0.276. The number of alkyl halides is 3. The molecular formula is C29H29F3N8O3S. The highest BCUT2D eigenvalue weighted by atomic mass is 32.2. The topological polar surface area (TPSA) is 130 Å². The van der Waals surface area contributed by atoms with Crippen LogP contribution in [-0.4, -0.2) is 54.4 Å². The molecule has 4 aromatic rings. The number of rotatable bonds is 11. The molecule has 2 aromatic heterocycles. The first-order chi connectivity index (χ1) is 21.1. The number of pyridine rings is 1. The molecule has 1 aliphatic heterocycles. The van der Waals surface area contributed by atoms with Crippen LogP contribution in [0.2, 0.25) is 0 Å². The first-order valence-electron chi connectivity index (χ1n) is 13.6. The van der Waals surface area contributed by atoms with Gasteiger partial charge in [-0.2, -0.15) is 0 Å². The van der Waals surface area contributed by atoms with E-state index in [1.54, 1.807) is 23.2 Å². The van der Waals surface area contributed by atoms with E-state index in [2.05, 4.69) is 42.4 Å². The minimum atomic E-state index is -4.76. The normalized spacial score (nSPS) is 15.1. The Morgan fingerprint density at radius 2 is 1.93 bits per heavy atom. The molecule has 11 nitrogen and oxygen atoms in total. The third kappa shape index (κ3) is 7.85. The van der Waals surface area contributed by atoms with Crippen molar-refractivity contribution in [3.8, 4) is 11.4 Å². The highest BCUT2D eigenvalue weighted by Crippen LogP contribution is 2.31. The summed E-state index contributed by atoms with van der Waals surface area (Å²) in [5.74, 6) is 0.503. The lowest BCUT2D eigenvalue weighted by Gasteiger charge is -2.21. The number of ether oxygens (including phenoxy) is 1. The lowest BCUT2D eigenvalue weighted by molar-refractivity contribution is -0.274. The number of halogens is 3. The number of benzene rings is 2. The zero-order valence-corrected chi connectivity index (χ0v) is 24.6. The second kappa shape index (κ2) is 13.3. The van der Waals surface area contributed by atoms with Crippen LogP contribution in [0.1, 0.15) is 30.0 Å². The number of hydrogen-bond donors (Lipinski definition) is 3. The van der Waals surface area contributed by atoms with Crippen molar-refractivity contribution >= 4 is 40.3 Å². The molecule has 1 aliphatic rings. The van der Waals surface area contributed by atoms with Gasteiger partial charge in [0.05, 0.1) is 17.1 Å². The third-order valence-corrected chi connectivity index (χ3v) is 7.32. The van der Waals surface area contributed by atoms with Gasteiger partial charge in [-0.3, -0.25) is 9.69 Å². The smallest absolute Gasteiger partial charge is 0.406 e. The van der Waals surface area contributed by atoms with Crippen molar-refractivity contribution in [3.05, 3.63) is 83.8 Å². The molecule has 15 heteroatoms. The van der Waals surface area contributed by atoms with Crippen LogP contribution in [0.15, 0.2) is 72.1 Å². The summed E-state index contributed by atoms with van der Waals surface area (Å²) in [4.78, 5) is 27.2. The number of aryl methyl sites for hydroxylation is 2. The van der Waals surface area contributed by atoms with Gasteiger partial charge in [0.15, 0.2) is 5.17 Å². The summed E-state index contributed by atoms with van der Waals surface area (Å²) in [5, 5.41) is 21.2. The zero-order valence-electron chi connectivity index (χ0n) is 23.7. The van der Waals surface area contributed by atoms with E-state index in [0.29, 0.717) is 29.2 Å². The van der Waals surface area contributed by atoms with E-state index >= 15 is 0 Å². The van der Waals surface area contributed by atoms with E-state index in [1.807, 2.05) is 25.1 Å². The maximum Gasteiger partial charge on any atom is 0.573 e. The number of nitrogens with zero attached hydrogens (tertiary/aromatic N) is 6. The molecule has 1 saturated heterocycles. The molecule has 230 valence electrons. The number of anilines is 3. The predicted molar refractivity (Wildman–Crippen MR) is 162 cm³/mol. The molecule has 0 spiro atoms. The lowest BCUT2D eigenvalue weighted by Crippen LogP contribution is -2.32. The third-order valence-electron chi connectivity index (χ3n) is 6.38. The second-order valence-corrected chi connectivity index (χ2v) is 10.7. The van der Waals surface area contributed by atoms with Gasteiger partial charge in [0.2, 0.25) is 18.2 Å². The second-order valence-electron chi connectivity index (χ2n) is 9.79. The number of aromatic nitrogens is 4. The van der Waals surface area contributed by atoms with E-state index < -0.39 is 12.7 Å². The van der Waals surface area contributed by atoms with Crippen LogP contribution in [0.5, 0.6) is 5.75 Å². The minimum Gasteiger partial charge on any atom is -0.406 e. The maximum atomic E-state index is 12.8. The van der Waals surface area contributed by atoms with Crippen LogP contribution in [0, 0.1) is 6.92 Å². The number of carbonyl (C=O) groups is 1. The molecule has 1 atom stereocenters. The number of aliphatic imine (C=N–C) groups is 1. The van der Waals surface area contributed by atoms with Gasteiger partial charge in [-0.05, 0) is 66.4 Å². The Balaban J connectivity index is 1.17. The molecule has 0 radical (unpaired) electrons. The van der Waals surface area contributed by atoms with Crippen LogP contribution < -0.4 is 20.3 Å². The Hall–Kier alpha value is -4.63. The standard InChI is InChI=1S/C29H29F3N8O3S/c1-3-4-20-7-5-18(2)13-23(20)40-25(41)16-44-28(40)37-27(42)36-24-12-6-19(14-33-24)15-34-26-35-17-39(38-26)21-8-10-22(11-9-21)43-29(30,31)32/h5-14,17,27,42H,3-4,15-16H2,1-2H3,(H,33,36)(H,34,38)/b37-28-. The predicted octanol–water partition coefficient (Wildman–Crippen LogP) is 5.26. The average Bonchev–Trinajstić information content (AvgIpc) is 3.60. The first kappa shape index (κ1) is 30.8. The molecule has 44 heavy (non-hydrogen) atoms. The van der Waals surface area contributed by atoms with Gasteiger partial charge in [-0.25, -0.2) is 19.6 Å². The van der Waals surface area contributed by atoms with Crippen molar-refractivity contribution in [1.82, 2.24) is 19.7 Å². The monoisotopic (exact) mass is 626 g/mol. The van der Waals surface area contributed by atoms with Crippen molar-refractivity contribution in [2.24, 2.45) is 4.99 Å². The summed E-state index contributed by atoms with van der Waals surface area (Å²) >= 11 is 1.27. The quantitative estimate of drug-likeness (QED) is 0.191. The molecule has 2 aromatic carbocycles. The number of carbonyl (C=O) groups excluding carboxylic acids is 1. The fourth-order valence-electron chi connectivity index (χ4n) is 4.39. The van der Waals surface area contributed by atoms with Gasteiger partial charge in [-0.15, -0.1) is 18.3 Å². The van der Waals surface area contributed by atoms with Crippen LogP contribution in [0.3, 0.4) is 0 Å². The average molecular weight is 627 g/mol. The van der Waals surface area contributed by atoms with Crippen molar-refractivity contribution in [3.63, 3.8) is 0 Å². The summed E-state index contributed by atoms with van der Waals surface area (Å²) in [7, 11) is 0. The van der Waals surface area contributed by atoms with Crippen molar-refractivity contribution in [2.75, 3.05) is 21.3 Å². The Morgan fingerprint density at radius 1 is 1.14 bits per heavy atom. The van der Waals surface area contributed by atoms with Crippen LogP contribution in [-0.2, 0) is 17.8 Å². The van der Waals surface area contributed by atoms with Gasteiger partial charge < -0.3 is 20.5 Å². The number of hydrogen-bond acceptors (Lipinski definition) is 10. The minimum absolute atomic E-state index is 0.0911. The van der Waals surface area contributed by atoms with E-state index in [9.17, 15) is 23.1 Å². The number of nitrogens with one attached hydrogen (secondary N) is 2. The molecule has 3 N–H and O–H groups in total. The van der Waals surface area contributed by atoms with Gasteiger partial charge in [0, 0.05) is 12.7 Å². The lowest BCUT2D eigenvalue weighted by atomic mass is 10.0. The Morgan fingerprint density at radius 3 is 2.64 bits per heavy atom. The van der Waals surface area contributed by atoms with E-state index in [0.717, 1.165) is 35.2 Å². The Labute approximate surface area is 255 Å². The number of amides is 1. The highest BCUT2D eigenvalue weighted by molar-refractivity contribution is 8.15. The molecule has 1 unspecified atom stereocenters. The summed E-state index contributed by atoms with van der Waals surface area (Å²) in [6, 6.07) is 14.7. The molecule has 0 aliphatic carbocycles. The largest absolute Gasteiger partial charge is 0.573 e. The van der Waals surface area contributed by atoms with Crippen molar-refractivity contribution in [2.45, 2.75) is 45.9 Å². The first-order valence-corrected chi connectivity index (χ1v) is 14.6. The molecule has 5 rings (SSSR count). The number of thioether (sulfide) groups is 1. The van der Waals surface area contributed by atoms with E-state index in [4.69, 9.17) is 0 Å². The SMILES string of the molecule is CCCc1ccc(C)cc1N1C(=O)CS/C1=N\C(O)Nc1ccc(CNc2ncn(-c3ccc(OC(F)(F)F)cc3)n2)cn1. The molecular weight excluding hydrogens is 597 g/mol. The molecule has 3 heterocycles. The summed E-state index contributed by atoms with van der Waals surface area (Å²) in [6.07, 6.45) is -1.31. The van der Waals surface area contributed by atoms with Crippen LogP contribution in [0.4, 0.5) is 30.6 Å². The molecule has 0 bridgehead atoms. The number of aliphatic hydroxyl groups is 1. The molecule has 0 saturated carbocycles. The fourth-order valence-corrected chi connectivity index (χ4v) is 5.28. The summed E-state index contributed by atoms with van der Waals surface area (Å²) in [5.41, 5.74) is 4.16. The van der Waals surface area contributed by atoms with Crippen molar-refractivity contribution < 1.29 is 27.8 Å². The van der Waals surface area contributed by atoms with Gasteiger partial charge in [0.25, 0.3) is 0 Å². The van der Waals surface area contributed by atoms with E-state index in [-0.39, 0.29) is 17.4 Å². The number of amidine groups is 1. The van der Waals surface area contributed by atoms with Crippen LogP contribution in [0.25, 0.3) is 5.69 Å². The zero-order chi connectivity index (χ0) is 31.3. The number of aliphatic hydroxyl groups excluding tert-OH is 1. The van der Waals surface area contributed by atoms with Gasteiger partial charge in [0.1, 0.15) is 17.9 Å². The van der Waals surface area contributed by atoms with E-state index in [1.165, 1.54) is 47.0 Å².